The molecule has 0 saturated carbocycles. The molecule has 1 heterocycles. The molecule has 1 aliphatic rings. The minimum absolute atomic E-state index is 0.0101. The molecule has 2 aromatic carbocycles. The number of aromatic nitrogens is 2. The number of benzene rings is 2. The molecule has 1 N–H and O–H groups in total. The van der Waals surface area contributed by atoms with Gasteiger partial charge in [-0.3, -0.25) is 0 Å². The van der Waals surface area contributed by atoms with Gasteiger partial charge < -0.3 is 14.6 Å². The fourth-order valence-electron chi connectivity index (χ4n) is 3.04. The molecule has 0 bridgehead atoms. The number of ether oxygens (including phenoxy) is 1. The van der Waals surface area contributed by atoms with Crippen LogP contribution in [0.3, 0.4) is 0 Å². The second-order valence-electron chi connectivity index (χ2n) is 6.74. The largest absolute Gasteiger partial charge is 0.502 e. The molecule has 1 atom stereocenters. The Bertz CT molecular complexity index is 1460. The molecule has 0 amide bonds. The lowest BCUT2D eigenvalue weighted by Crippen LogP contribution is -2.19. The minimum atomic E-state index is -3.04. The zero-order valence-corrected chi connectivity index (χ0v) is 16.7. The molecule has 0 fully saturated rings. The van der Waals surface area contributed by atoms with E-state index in [4.69, 9.17) is 28.2 Å². The van der Waals surface area contributed by atoms with Crippen LogP contribution in [0, 0.1) is 6.57 Å². The highest BCUT2D eigenvalue weighted by Crippen LogP contribution is 2.38. The molecule has 0 unspecified atom stereocenters. The van der Waals surface area contributed by atoms with E-state index >= 15 is 0 Å². The smallest absolute Gasteiger partial charge is 0.256 e. The molecule has 6 nitrogen and oxygen atoms in total. The van der Waals surface area contributed by atoms with E-state index in [2.05, 4.69) is 20.3 Å². The molecule has 3 aromatic rings. The average molecular weight is 412 g/mol. The van der Waals surface area contributed by atoms with Crippen LogP contribution in [0.2, 0.25) is 0 Å². The van der Waals surface area contributed by atoms with E-state index in [1.807, 2.05) is 13.8 Å². The van der Waals surface area contributed by atoms with Crippen molar-refractivity contribution in [3.05, 3.63) is 58.9 Å². The standard InChI is InChI=1S/C24H26N4O2/c1-5-13-26-20-11-10-17-18(20)7-6-8-19(17)23-27-24(30-28-23)16-9-12-22(29-15(2)3)21(14-16)25-4/h6-9,12,14-15,20,26H,5,10-11,13H2,1-3H3/t20-/m0/s1/i5D2,10D2,11D2,13D2,20D. The summed E-state index contributed by atoms with van der Waals surface area (Å²) in [5.74, 6) is 0.290. The molecule has 154 valence electrons. The summed E-state index contributed by atoms with van der Waals surface area (Å²) in [6, 6.07) is 6.17. The van der Waals surface area contributed by atoms with Gasteiger partial charge in [0.25, 0.3) is 5.89 Å². The first-order valence-electron chi connectivity index (χ1n) is 13.8. The molecule has 30 heavy (non-hydrogen) atoms. The number of fused-ring (bicyclic) bond motifs is 1. The molecule has 4 rings (SSSR count). The predicted octanol–water partition coefficient (Wildman–Crippen LogP) is 5.73. The number of hydrogen-bond acceptors (Lipinski definition) is 5. The minimum Gasteiger partial charge on any atom is -0.502 e. The van der Waals surface area contributed by atoms with Crippen LogP contribution in [-0.4, -0.2) is 22.7 Å². The maximum atomic E-state index is 8.93. The predicted molar refractivity (Wildman–Crippen MR) is 117 cm³/mol. The lowest BCUT2D eigenvalue weighted by molar-refractivity contribution is 0.244. The van der Waals surface area contributed by atoms with Crippen molar-refractivity contribution in [2.75, 3.05) is 6.50 Å². The van der Waals surface area contributed by atoms with Crippen molar-refractivity contribution >= 4 is 5.69 Å². The maximum Gasteiger partial charge on any atom is 0.256 e. The van der Waals surface area contributed by atoms with E-state index < -0.39 is 31.6 Å². The summed E-state index contributed by atoms with van der Waals surface area (Å²) in [5.41, 5.74) is 0.148. The number of rotatable bonds is 7. The first kappa shape index (κ1) is 11.9. The van der Waals surface area contributed by atoms with E-state index in [9.17, 15) is 0 Å². The van der Waals surface area contributed by atoms with Gasteiger partial charge in [-0.1, -0.05) is 30.3 Å². The summed E-state index contributed by atoms with van der Waals surface area (Å²) < 4.78 is 86.3. The van der Waals surface area contributed by atoms with Gasteiger partial charge in [-0.05, 0) is 68.8 Å². The fraction of sp³-hybridized carbons (Fsp3) is 0.375. The number of nitrogens with zero attached hydrogens (tertiary/aromatic N) is 3. The van der Waals surface area contributed by atoms with Gasteiger partial charge in [0.1, 0.15) is 5.75 Å². The van der Waals surface area contributed by atoms with E-state index in [1.54, 1.807) is 12.1 Å². The van der Waals surface area contributed by atoms with Crippen molar-refractivity contribution in [2.24, 2.45) is 0 Å². The Hall–Kier alpha value is -3.17. The van der Waals surface area contributed by atoms with Crippen molar-refractivity contribution in [3.63, 3.8) is 0 Å². The van der Waals surface area contributed by atoms with Gasteiger partial charge in [-0.2, -0.15) is 4.98 Å². The third-order valence-electron chi connectivity index (χ3n) is 4.31. The van der Waals surface area contributed by atoms with Crippen molar-refractivity contribution in [1.29, 1.82) is 0 Å². The summed E-state index contributed by atoms with van der Waals surface area (Å²) >= 11 is 0. The highest BCUT2D eigenvalue weighted by Gasteiger charge is 2.26. The first-order chi connectivity index (χ1) is 17.9. The van der Waals surface area contributed by atoms with Crippen LogP contribution in [0.1, 0.15) is 63.0 Å². The Balaban J connectivity index is 1.82. The van der Waals surface area contributed by atoms with Crippen molar-refractivity contribution in [3.8, 4) is 28.6 Å². The van der Waals surface area contributed by atoms with Crippen LogP contribution in [0.25, 0.3) is 27.7 Å². The van der Waals surface area contributed by atoms with Crippen LogP contribution in [0.5, 0.6) is 5.75 Å². The lowest BCUT2D eigenvalue weighted by atomic mass is 10.0. The van der Waals surface area contributed by atoms with Crippen molar-refractivity contribution in [2.45, 2.75) is 52.0 Å². The first-order valence-corrected chi connectivity index (χ1v) is 9.33. The van der Waals surface area contributed by atoms with Crippen LogP contribution < -0.4 is 10.1 Å². The van der Waals surface area contributed by atoms with Gasteiger partial charge in [0, 0.05) is 28.1 Å². The summed E-state index contributed by atoms with van der Waals surface area (Å²) in [5, 5.41) is 6.06. The molecule has 0 radical (unpaired) electrons. The van der Waals surface area contributed by atoms with Gasteiger partial charge in [0.05, 0.1) is 14.0 Å². The van der Waals surface area contributed by atoms with Gasteiger partial charge in [-0.15, -0.1) is 0 Å². The highest BCUT2D eigenvalue weighted by atomic mass is 16.5. The maximum absolute atomic E-state index is 8.93. The molecule has 0 saturated heterocycles. The monoisotopic (exact) mass is 411 g/mol. The quantitative estimate of drug-likeness (QED) is 0.503. The normalized spacial score (nSPS) is 26.4. The van der Waals surface area contributed by atoms with Gasteiger partial charge in [0.2, 0.25) is 11.5 Å². The Morgan fingerprint density at radius 2 is 2.30 bits per heavy atom. The van der Waals surface area contributed by atoms with E-state index in [0.717, 1.165) is 6.92 Å². The Labute approximate surface area is 189 Å². The fourth-order valence-corrected chi connectivity index (χ4v) is 3.04. The van der Waals surface area contributed by atoms with Crippen LogP contribution in [0.4, 0.5) is 5.69 Å². The molecule has 1 aromatic heterocycles. The topological polar surface area (TPSA) is 64.5 Å². The molecular formula is C24H26N4O2. The molecule has 0 spiro atoms. The zero-order valence-electron chi connectivity index (χ0n) is 25.7. The third kappa shape index (κ3) is 3.94. The summed E-state index contributed by atoms with van der Waals surface area (Å²) in [6.07, 6.45) is -8.54. The summed E-state index contributed by atoms with van der Waals surface area (Å²) in [7, 11) is 0. The second kappa shape index (κ2) is 8.68. The summed E-state index contributed by atoms with van der Waals surface area (Å²) in [4.78, 5) is 7.82. The second-order valence-corrected chi connectivity index (χ2v) is 6.74. The molecular weight excluding hydrogens is 376 g/mol. The Morgan fingerprint density at radius 1 is 1.43 bits per heavy atom. The van der Waals surface area contributed by atoms with Crippen LogP contribution >= 0.6 is 0 Å². The van der Waals surface area contributed by atoms with Gasteiger partial charge in [-0.25, -0.2) is 4.85 Å². The number of nitrogens with one attached hydrogen (secondary N) is 1. The zero-order chi connectivity index (χ0) is 29.2. The SMILES string of the molecule is [2H]C([2H])(C)C([2H])([2H])N[C@]1([2H])c2cccc(-c3noc(-c4ccc(OC(C)C)c([N+]#[C-])c4)n3)c2C([2H])([2H])C1([2H])[2H]. The average Bonchev–Trinajstić information content (AvgIpc) is 3.35. The van der Waals surface area contributed by atoms with Crippen LogP contribution in [-0.2, 0) is 6.37 Å². The molecule has 0 aliphatic heterocycles. The van der Waals surface area contributed by atoms with Gasteiger partial charge in [0.15, 0.2) is 0 Å². The van der Waals surface area contributed by atoms with Gasteiger partial charge >= 0.3 is 0 Å². The molecule has 1 aliphatic carbocycles. The Morgan fingerprint density at radius 3 is 3.07 bits per heavy atom. The Kier molecular flexibility index (Phi) is 3.44. The lowest BCUT2D eigenvalue weighted by Gasteiger charge is -2.13. The van der Waals surface area contributed by atoms with Crippen molar-refractivity contribution in [1.82, 2.24) is 15.5 Å². The van der Waals surface area contributed by atoms with Crippen molar-refractivity contribution < 1.29 is 21.6 Å². The van der Waals surface area contributed by atoms with Crippen LogP contribution in [0.15, 0.2) is 40.9 Å². The van der Waals surface area contributed by atoms with E-state index in [0.29, 0.717) is 11.3 Å². The van der Waals surface area contributed by atoms with E-state index in [1.165, 1.54) is 24.3 Å². The highest BCUT2D eigenvalue weighted by molar-refractivity contribution is 5.70. The molecule has 6 heteroatoms. The number of hydrogen-bond donors (Lipinski definition) is 1. The van der Waals surface area contributed by atoms with E-state index in [-0.39, 0.29) is 40.2 Å². The summed E-state index contributed by atoms with van der Waals surface area (Å²) in [6.45, 7) is 9.18. The third-order valence-corrected chi connectivity index (χ3v) is 4.31.